The molecule has 0 saturated carbocycles. The molecule has 0 amide bonds. The fourth-order valence-electron chi connectivity index (χ4n) is 3.59. The molecule has 0 aliphatic heterocycles. The number of aromatic hydroxyl groups is 1. The average molecular weight is 475 g/mol. The number of rotatable bonds is 12. The maximum absolute atomic E-state index is 13.1. The fourth-order valence-corrected chi connectivity index (χ4v) is 3.59. The van der Waals surface area contributed by atoms with E-state index in [2.05, 4.69) is 18.7 Å². The summed E-state index contributed by atoms with van der Waals surface area (Å²) in [7, 11) is 1.11. The van der Waals surface area contributed by atoms with Crippen molar-refractivity contribution in [3.63, 3.8) is 0 Å². The number of likely N-dealkylation sites (N-methyl/N-ethyl adjacent to an activating group) is 1. The van der Waals surface area contributed by atoms with Crippen molar-refractivity contribution in [3.05, 3.63) is 57.1 Å². The van der Waals surface area contributed by atoms with Crippen molar-refractivity contribution in [1.29, 1.82) is 0 Å². The van der Waals surface area contributed by atoms with Gasteiger partial charge in [-0.2, -0.15) is 0 Å². The summed E-state index contributed by atoms with van der Waals surface area (Å²) in [5.41, 5.74) is -0.629. The van der Waals surface area contributed by atoms with Gasteiger partial charge in [0.15, 0.2) is 0 Å². The van der Waals surface area contributed by atoms with E-state index in [0.717, 1.165) is 26.7 Å². The number of nitro benzene ring substituents is 1. The van der Waals surface area contributed by atoms with Gasteiger partial charge in [0.2, 0.25) is 0 Å². The molecule has 0 aliphatic carbocycles. The van der Waals surface area contributed by atoms with Gasteiger partial charge in [-0.15, -0.1) is 0 Å². The van der Waals surface area contributed by atoms with E-state index in [1.165, 1.54) is 37.3 Å². The van der Waals surface area contributed by atoms with Gasteiger partial charge in [-0.1, -0.05) is 26.0 Å². The highest BCUT2D eigenvalue weighted by Gasteiger charge is 2.31. The Morgan fingerprint density at radius 3 is 2.35 bits per heavy atom. The van der Waals surface area contributed by atoms with E-state index in [4.69, 9.17) is 14.2 Å². The lowest BCUT2D eigenvalue weighted by molar-refractivity contribution is -0.384. The van der Waals surface area contributed by atoms with Crippen molar-refractivity contribution >= 4 is 17.6 Å². The summed E-state index contributed by atoms with van der Waals surface area (Å²) in [5.74, 6) is -2.21. The van der Waals surface area contributed by atoms with E-state index in [9.17, 15) is 24.8 Å². The van der Waals surface area contributed by atoms with Gasteiger partial charge in [0, 0.05) is 18.2 Å². The molecule has 0 aliphatic rings. The molecule has 0 radical (unpaired) electrons. The van der Waals surface area contributed by atoms with Crippen LogP contribution in [0.3, 0.4) is 0 Å². The number of para-hydroxylation sites is 1. The molecular weight excluding hydrogens is 444 g/mol. The van der Waals surface area contributed by atoms with Crippen molar-refractivity contribution in [2.75, 3.05) is 46.6 Å². The number of nitrogens with zero attached hydrogens (tertiary/aromatic N) is 2. The van der Waals surface area contributed by atoms with Crippen LogP contribution < -0.4 is 0 Å². The standard InChI is InChI=1S/C24H30N2O8/c1-5-25(6-2)11-12-33-13-14-34-24(29)20-16(3)15-19(27)22(23(28)32-4)21(20)17-9-7-8-10-18(17)26(30)31/h7-10,15,27H,5-6,11-14H2,1-4H3. The van der Waals surface area contributed by atoms with E-state index in [0.29, 0.717) is 6.61 Å². The lowest BCUT2D eigenvalue weighted by atomic mass is 9.89. The van der Waals surface area contributed by atoms with Crippen molar-refractivity contribution in [2.24, 2.45) is 0 Å². The quantitative estimate of drug-likeness (QED) is 0.212. The van der Waals surface area contributed by atoms with E-state index >= 15 is 0 Å². The van der Waals surface area contributed by atoms with Gasteiger partial charge >= 0.3 is 11.9 Å². The Bertz CT molecular complexity index is 1030. The number of aryl methyl sites for hydroxylation is 1. The van der Waals surface area contributed by atoms with Crippen LogP contribution in [0.1, 0.15) is 40.1 Å². The number of esters is 2. The van der Waals surface area contributed by atoms with Crippen molar-refractivity contribution < 1.29 is 33.8 Å². The summed E-state index contributed by atoms with van der Waals surface area (Å²) >= 11 is 0. The van der Waals surface area contributed by atoms with Gasteiger partial charge in [-0.05, 0) is 37.7 Å². The zero-order valence-electron chi connectivity index (χ0n) is 19.8. The highest BCUT2D eigenvalue weighted by atomic mass is 16.6. The van der Waals surface area contributed by atoms with Crippen LogP contribution in [-0.4, -0.2) is 73.4 Å². The van der Waals surface area contributed by atoms with Crippen LogP contribution in [0, 0.1) is 17.0 Å². The molecule has 2 aromatic rings. The Balaban J connectivity index is 2.38. The molecule has 2 rings (SSSR count). The van der Waals surface area contributed by atoms with Crippen LogP contribution in [0.2, 0.25) is 0 Å². The molecule has 0 spiro atoms. The van der Waals surface area contributed by atoms with Crippen LogP contribution in [0.25, 0.3) is 11.1 Å². The minimum Gasteiger partial charge on any atom is -0.507 e. The molecule has 0 aromatic heterocycles. The number of ether oxygens (including phenoxy) is 3. The molecule has 0 heterocycles. The van der Waals surface area contributed by atoms with E-state index in [-0.39, 0.29) is 46.7 Å². The molecule has 0 fully saturated rings. The van der Waals surface area contributed by atoms with E-state index in [1.807, 2.05) is 0 Å². The number of benzene rings is 2. The summed E-state index contributed by atoms with van der Waals surface area (Å²) < 4.78 is 15.7. The van der Waals surface area contributed by atoms with Crippen LogP contribution in [0.4, 0.5) is 5.69 Å². The molecule has 0 atom stereocenters. The SMILES string of the molecule is CCN(CC)CCOCCOC(=O)c1c(C)cc(O)c(C(=O)OC)c1-c1ccccc1[N+](=O)[O-]. The number of phenolic OH excluding ortho intramolecular Hbond substituents is 1. The van der Waals surface area contributed by atoms with Gasteiger partial charge in [0.25, 0.3) is 5.69 Å². The number of carbonyl (C=O) groups excluding carboxylic acids is 2. The van der Waals surface area contributed by atoms with Crippen molar-refractivity contribution in [3.8, 4) is 16.9 Å². The third-order valence-electron chi connectivity index (χ3n) is 5.37. The Morgan fingerprint density at radius 2 is 1.74 bits per heavy atom. The predicted octanol–water partition coefficient (Wildman–Crippen LogP) is 3.58. The monoisotopic (exact) mass is 474 g/mol. The maximum atomic E-state index is 13.1. The van der Waals surface area contributed by atoms with E-state index < -0.39 is 22.6 Å². The lowest BCUT2D eigenvalue weighted by Crippen LogP contribution is -2.27. The number of nitro groups is 1. The minimum atomic E-state index is -0.945. The molecule has 34 heavy (non-hydrogen) atoms. The number of phenols is 1. The van der Waals surface area contributed by atoms with Crippen LogP contribution in [-0.2, 0) is 14.2 Å². The summed E-state index contributed by atoms with van der Waals surface area (Å²) in [6, 6.07) is 6.85. The molecule has 0 bridgehead atoms. The Kier molecular flexibility index (Phi) is 9.96. The Labute approximate surface area is 198 Å². The van der Waals surface area contributed by atoms with Crippen molar-refractivity contribution in [1.82, 2.24) is 4.90 Å². The second kappa shape index (κ2) is 12.7. The molecule has 10 heteroatoms. The summed E-state index contributed by atoms with van der Waals surface area (Å²) in [6.07, 6.45) is 0. The van der Waals surface area contributed by atoms with Gasteiger partial charge in [0.1, 0.15) is 17.9 Å². The second-order valence-electron chi connectivity index (χ2n) is 7.38. The normalized spacial score (nSPS) is 10.9. The first kappa shape index (κ1) is 26.7. The molecule has 0 unspecified atom stereocenters. The van der Waals surface area contributed by atoms with Crippen LogP contribution >= 0.6 is 0 Å². The zero-order chi connectivity index (χ0) is 25.3. The lowest BCUT2D eigenvalue weighted by Gasteiger charge is -2.18. The van der Waals surface area contributed by atoms with Crippen molar-refractivity contribution in [2.45, 2.75) is 20.8 Å². The maximum Gasteiger partial charge on any atom is 0.342 e. The second-order valence-corrected chi connectivity index (χ2v) is 7.38. The topological polar surface area (TPSA) is 128 Å². The summed E-state index contributed by atoms with van der Waals surface area (Å²) in [5, 5.41) is 22.1. The first-order chi connectivity index (χ1) is 16.3. The first-order valence-corrected chi connectivity index (χ1v) is 10.9. The third-order valence-corrected chi connectivity index (χ3v) is 5.37. The third kappa shape index (κ3) is 6.30. The smallest absolute Gasteiger partial charge is 0.342 e. The average Bonchev–Trinajstić information content (AvgIpc) is 2.82. The molecule has 184 valence electrons. The largest absolute Gasteiger partial charge is 0.507 e. The first-order valence-electron chi connectivity index (χ1n) is 10.9. The fraction of sp³-hybridized carbons (Fsp3) is 0.417. The van der Waals surface area contributed by atoms with Crippen LogP contribution in [0.15, 0.2) is 30.3 Å². The number of methoxy groups -OCH3 is 1. The molecule has 1 N–H and O–H groups in total. The summed E-state index contributed by atoms with van der Waals surface area (Å²) in [6.45, 7) is 8.81. The summed E-state index contributed by atoms with van der Waals surface area (Å²) in [4.78, 5) is 38.8. The Morgan fingerprint density at radius 1 is 1.06 bits per heavy atom. The molecule has 0 saturated heterocycles. The molecule has 10 nitrogen and oxygen atoms in total. The Hall–Kier alpha value is -3.50. The minimum absolute atomic E-state index is 0.0191. The molecule has 2 aromatic carbocycles. The highest BCUT2D eigenvalue weighted by molar-refractivity contribution is 6.09. The predicted molar refractivity (Wildman–Crippen MR) is 125 cm³/mol. The highest BCUT2D eigenvalue weighted by Crippen LogP contribution is 2.40. The zero-order valence-corrected chi connectivity index (χ0v) is 19.8. The van der Waals surface area contributed by atoms with E-state index in [1.54, 1.807) is 0 Å². The number of hydrogen-bond acceptors (Lipinski definition) is 9. The van der Waals surface area contributed by atoms with Gasteiger partial charge in [-0.25, -0.2) is 9.59 Å². The van der Waals surface area contributed by atoms with Crippen LogP contribution in [0.5, 0.6) is 5.75 Å². The van der Waals surface area contributed by atoms with Gasteiger partial charge in [0.05, 0.1) is 36.4 Å². The molecular formula is C24H30N2O8. The van der Waals surface area contributed by atoms with Gasteiger partial charge in [-0.3, -0.25) is 10.1 Å². The number of carbonyl (C=O) groups is 2. The number of hydrogen-bond donors (Lipinski definition) is 1. The van der Waals surface area contributed by atoms with Gasteiger partial charge < -0.3 is 24.2 Å².